The second-order valence-corrected chi connectivity index (χ2v) is 10.4. The van der Waals surface area contributed by atoms with Crippen molar-refractivity contribution in [1.29, 1.82) is 0 Å². The standard InChI is InChI=1S/C16H11AsS/c1-3-8-14-12(6-1)13-7-2-4-9-15(13)17(14)16-10-5-11-18-16/h1-11H. The van der Waals surface area contributed by atoms with Crippen molar-refractivity contribution in [2.24, 2.45) is 0 Å². The molecule has 3 aromatic rings. The van der Waals surface area contributed by atoms with Gasteiger partial charge in [-0.3, -0.25) is 0 Å². The van der Waals surface area contributed by atoms with Crippen molar-refractivity contribution in [3.8, 4) is 11.1 Å². The molecule has 0 spiro atoms. The zero-order valence-corrected chi connectivity index (χ0v) is 12.4. The zero-order chi connectivity index (χ0) is 11.9. The predicted octanol–water partition coefficient (Wildman–Crippen LogP) is 2.24. The van der Waals surface area contributed by atoms with Crippen LogP contribution >= 0.6 is 11.3 Å². The molecular weight excluding hydrogens is 299 g/mol. The third-order valence-electron chi connectivity index (χ3n) is 3.31. The predicted molar refractivity (Wildman–Crippen MR) is 80.9 cm³/mol. The molecule has 0 nitrogen and oxygen atoms in total. The molecule has 2 heterocycles. The maximum absolute atomic E-state index is 2.33. The van der Waals surface area contributed by atoms with Crippen LogP contribution in [0.15, 0.2) is 66.0 Å². The van der Waals surface area contributed by atoms with Crippen LogP contribution in [0.5, 0.6) is 0 Å². The Kier molecular flexibility index (Phi) is 2.43. The number of fused-ring (bicyclic) bond motifs is 3. The molecule has 0 saturated carbocycles. The Morgan fingerprint density at radius 3 is 1.83 bits per heavy atom. The van der Waals surface area contributed by atoms with Gasteiger partial charge in [0, 0.05) is 0 Å². The molecule has 0 unspecified atom stereocenters. The second-order valence-electron chi connectivity index (χ2n) is 4.32. The van der Waals surface area contributed by atoms with Gasteiger partial charge in [-0.05, 0) is 0 Å². The Bertz CT molecular complexity index is 655. The Morgan fingerprint density at radius 1 is 0.667 bits per heavy atom. The van der Waals surface area contributed by atoms with Crippen LogP contribution in [0.25, 0.3) is 11.1 Å². The van der Waals surface area contributed by atoms with E-state index in [-0.39, 0.29) is 0 Å². The third-order valence-corrected chi connectivity index (χ3v) is 10.5. The molecule has 18 heavy (non-hydrogen) atoms. The fraction of sp³-hybridized carbons (Fsp3) is 0. The van der Waals surface area contributed by atoms with Crippen molar-refractivity contribution in [3.63, 3.8) is 0 Å². The Labute approximate surface area is 115 Å². The van der Waals surface area contributed by atoms with Crippen LogP contribution in [-0.2, 0) is 0 Å². The van der Waals surface area contributed by atoms with Gasteiger partial charge >= 0.3 is 116 Å². The summed E-state index contributed by atoms with van der Waals surface area (Å²) in [5.74, 6) is 0. The molecule has 1 aliphatic rings. The number of rotatable bonds is 1. The summed E-state index contributed by atoms with van der Waals surface area (Å²) in [5.41, 5.74) is 2.92. The van der Waals surface area contributed by atoms with Crippen molar-refractivity contribution in [2.45, 2.75) is 0 Å². The summed E-state index contributed by atoms with van der Waals surface area (Å²) < 4.78 is 4.77. The maximum atomic E-state index is 2.33. The molecule has 0 saturated heterocycles. The van der Waals surface area contributed by atoms with Crippen molar-refractivity contribution < 1.29 is 0 Å². The average Bonchev–Trinajstić information content (AvgIpc) is 3.03. The first-order valence-electron chi connectivity index (χ1n) is 5.97. The van der Waals surface area contributed by atoms with Crippen LogP contribution in [0.2, 0.25) is 0 Å². The van der Waals surface area contributed by atoms with Crippen molar-refractivity contribution >= 4 is 38.4 Å². The molecule has 0 aliphatic carbocycles. The molecule has 1 aromatic heterocycles. The van der Waals surface area contributed by atoms with Crippen LogP contribution in [0.1, 0.15) is 0 Å². The number of hydrogen-bond acceptors (Lipinski definition) is 1. The van der Waals surface area contributed by atoms with E-state index in [1.807, 2.05) is 11.3 Å². The normalized spacial score (nSPS) is 13.3. The van der Waals surface area contributed by atoms with Gasteiger partial charge < -0.3 is 0 Å². The molecule has 0 N–H and O–H groups in total. The third kappa shape index (κ3) is 1.44. The molecule has 1 aliphatic heterocycles. The van der Waals surface area contributed by atoms with Gasteiger partial charge in [0.2, 0.25) is 0 Å². The fourth-order valence-corrected chi connectivity index (χ4v) is 10.0. The summed E-state index contributed by atoms with van der Waals surface area (Å²) in [7, 11) is 0. The summed E-state index contributed by atoms with van der Waals surface area (Å²) in [4.78, 5) is 0. The van der Waals surface area contributed by atoms with Gasteiger partial charge in [0.15, 0.2) is 0 Å². The summed E-state index contributed by atoms with van der Waals surface area (Å²) in [6.07, 6.45) is 0. The Balaban J connectivity index is 2.04. The molecule has 0 amide bonds. The molecule has 0 fully saturated rings. The first kappa shape index (κ1) is 10.6. The van der Waals surface area contributed by atoms with Crippen molar-refractivity contribution in [3.05, 3.63) is 66.0 Å². The number of benzene rings is 2. The van der Waals surface area contributed by atoms with E-state index >= 15 is 0 Å². The van der Waals surface area contributed by atoms with E-state index in [0.717, 1.165) is 0 Å². The van der Waals surface area contributed by atoms with Gasteiger partial charge in [0.25, 0.3) is 0 Å². The molecule has 86 valence electrons. The molecule has 2 heteroatoms. The summed E-state index contributed by atoms with van der Waals surface area (Å²) in [6.45, 7) is 0. The van der Waals surface area contributed by atoms with E-state index in [2.05, 4.69) is 66.0 Å². The van der Waals surface area contributed by atoms with Crippen LogP contribution < -0.4 is 12.4 Å². The van der Waals surface area contributed by atoms with E-state index in [0.29, 0.717) is 0 Å². The van der Waals surface area contributed by atoms with E-state index in [9.17, 15) is 0 Å². The minimum absolute atomic E-state index is 1.25. The topological polar surface area (TPSA) is 0 Å². The van der Waals surface area contributed by atoms with Crippen LogP contribution in [-0.4, -0.2) is 14.7 Å². The van der Waals surface area contributed by atoms with Crippen LogP contribution in [0, 0.1) is 0 Å². The number of thiophene rings is 1. The second kappa shape index (κ2) is 4.12. The van der Waals surface area contributed by atoms with E-state index in [1.54, 1.807) is 12.4 Å². The molecular formula is C16H11AsS. The summed E-state index contributed by atoms with van der Waals surface area (Å²) in [6, 6.07) is 22.4. The van der Waals surface area contributed by atoms with Gasteiger partial charge in [-0.1, -0.05) is 0 Å². The quantitative estimate of drug-likeness (QED) is 0.473. The number of hydrogen-bond donors (Lipinski definition) is 0. The van der Waals surface area contributed by atoms with E-state index in [4.69, 9.17) is 0 Å². The Hall–Kier alpha value is -1.30. The Morgan fingerprint density at radius 2 is 1.28 bits per heavy atom. The molecule has 4 rings (SSSR count). The minimum atomic E-state index is -1.25. The van der Waals surface area contributed by atoms with Gasteiger partial charge in [-0.2, -0.15) is 0 Å². The van der Waals surface area contributed by atoms with Crippen molar-refractivity contribution in [1.82, 2.24) is 0 Å². The molecule has 0 atom stereocenters. The van der Waals surface area contributed by atoms with Crippen molar-refractivity contribution in [2.75, 3.05) is 0 Å². The molecule has 0 bridgehead atoms. The molecule has 0 radical (unpaired) electrons. The monoisotopic (exact) mass is 310 g/mol. The van der Waals surface area contributed by atoms with Gasteiger partial charge in [0.05, 0.1) is 0 Å². The van der Waals surface area contributed by atoms with Gasteiger partial charge in [-0.25, -0.2) is 0 Å². The summed E-state index contributed by atoms with van der Waals surface area (Å²) in [5, 5.41) is 2.20. The SMILES string of the molecule is c1csc([As]2c3ccccc3-c3ccccc32)c1. The fourth-order valence-electron chi connectivity index (χ4n) is 2.56. The average molecular weight is 310 g/mol. The van der Waals surface area contributed by atoms with Gasteiger partial charge in [0.1, 0.15) is 0 Å². The first-order valence-corrected chi connectivity index (χ1v) is 9.67. The molecule has 2 aromatic carbocycles. The van der Waals surface area contributed by atoms with E-state index in [1.165, 1.54) is 11.1 Å². The summed E-state index contributed by atoms with van der Waals surface area (Å²) >= 11 is 0.665. The van der Waals surface area contributed by atoms with Crippen LogP contribution in [0.3, 0.4) is 0 Å². The zero-order valence-electron chi connectivity index (χ0n) is 9.71. The first-order chi connectivity index (χ1) is 8.95. The van der Waals surface area contributed by atoms with Gasteiger partial charge in [-0.15, -0.1) is 0 Å². The van der Waals surface area contributed by atoms with Crippen LogP contribution in [0.4, 0.5) is 0 Å². The van der Waals surface area contributed by atoms with E-state index < -0.39 is 14.7 Å².